The summed E-state index contributed by atoms with van der Waals surface area (Å²) in [4.78, 5) is 33.5. The molecule has 0 aromatic heterocycles. The molecule has 0 saturated carbocycles. The minimum absolute atomic E-state index is 0.121. The highest BCUT2D eigenvalue weighted by Gasteiger charge is 2.13. The van der Waals surface area contributed by atoms with Crippen LogP contribution in [-0.4, -0.2) is 30.8 Å². The highest BCUT2D eigenvalue weighted by Crippen LogP contribution is 2.19. The Kier molecular flexibility index (Phi) is 5.92. The van der Waals surface area contributed by atoms with Crippen LogP contribution in [0.3, 0.4) is 0 Å². The number of nitrogens with one attached hydrogen (secondary N) is 3. The molecule has 0 atom stereocenters. The molecule has 1 aromatic rings. The SMILES string of the molecule is CC(=O)NCCNC(=O)C(=O)Nc1ccc(F)c(Cl)c1. The van der Waals surface area contributed by atoms with Gasteiger partial charge in [-0.15, -0.1) is 0 Å². The van der Waals surface area contributed by atoms with E-state index in [9.17, 15) is 18.8 Å². The van der Waals surface area contributed by atoms with E-state index in [4.69, 9.17) is 11.6 Å². The van der Waals surface area contributed by atoms with Crippen LogP contribution in [0.2, 0.25) is 5.02 Å². The molecule has 0 saturated heterocycles. The van der Waals surface area contributed by atoms with Gasteiger partial charge >= 0.3 is 11.8 Å². The van der Waals surface area contributed by atoms with Gasteiger partial charge in [0.05, 0.1) is 5.02 Å². The van der Waals surface area contributed by atoms with Gasteiger partial charge < -0.3 is 16.0 Å². The highest BCUT2D eigenvalue weighted by molar-refractivity contribution is 6.39. The summed E-state index contributed by atoms with van der Waals surface area (Å²) in [6.07, 6.45) is 0. The maximum Gasteiger partial charge on any atom is 0.313 e. The van der Waals surface area contributed by atoms with Crippen molar-refractivity contribution in [2.24, 2.45) is 0 Å². The predicted molar refractivity (Wildman–Crippen MR) is 71.7 cm³/mol. The minimum atomic E-state index is -0.907. The number of anilines is 1. The lowest BCUT2D eigenvalue weighted by molar-refractivity contribution is -0.136. The third kappa shape index (κ3) is 5.23. The molecule has 0 aliphatic heterocycles. The first kappa shape index (κ1) is 15.9. The summed E-state index contributed by atoms with van der Waals surface area (Å²) in [7, 11) is 0. The van der Waals surface area contributed by atoms with Gasteiger partial charge in [0.1, 0.15) is 5.82 Å². The van der Waals surface area contributed by atoms with E-state index in [0.717, 1.165) is 6.07 Å². The van der Waals surface area contributed by atoms with Gasteiger partial charge in [0.2, 0.25) is 5.91 Å². The Morgan fingerprint density at radius 1 is 1.15 bits per heavy atom. The number of carbonyl (C=O) groups is 3. The summed E-state index contributed by atoms with van der Waals surface area (Å²) >= 11 is 5.54. The first-order valence-electron chi connectivity index (χ1n) is 5.69. The summed E-state index contributed by atoms with van der Waals surface area (Å²) < 4.78 is 12.9. The lowest BCUT2D eigenvalue weighted by Crippen LogP contribution is -2.39. The number of benzene rings is 1. The van der Waals surface area contributed by atoms with Crippen LogP contribution in [0.1, 0.15) is 6.92 Å². The molecule has 108 valence electrons. The topological polar surface area (TPSA) is 87.3 Å². The van der Waals surface area contributed by atoms with E-state index in [1.807, 2.05) is 0 Å². The largest absolute Gasteiger partial charge is 0.355 e. The summed E-state index contributed by atoms with van der Waals surface area (Å²) in [6.45, 7) is 1.68. The Morgan fingerprint density at radius 3 is 2.40 bits per heavy atom. The number of rotatable bonds is 4. The van der Waals surface area contributed by atoms with Crippen LogP contribution >= 0.6 is 11.6 Å². The molecule has 1 aromatic carbocycles. The fourth-order valence-corrected chi connectivity index (χ4v) is 1.44. The lowest BCUT2D eigenvalue weighted by atomic mass is 10.3. The normalized spacial score (nSPS) is 9.75. The van der Waals surface area contributed by atoms with Crippen molar-refractivity contribution in [1.82, 2.24) is 10.6 Å². The molecule has 8 heteroatoms. The molecule has 0 unspecified atom stereocenters. The van der Waals surface area contributed by atoms with Gasteiger partial charge in [0, 0.05) is 25.7 Å². The van der Waals surface area contributed by atoms with Crippen LogP contribution in [-0.2, 0) is 14.4 Å². The third-order valence-electron chi connectivity index (χ3n) is 2.17. The minimum Gasteiger partial charge on any atom is -0.355 e. The van der Waals surface area contributed by atoms with Crippen LogP contribution in [0.25, 0.3) is 0 Å². The van der Waals surface area contributed by atoms with Gasteiger partial charge in [-0.3, -0.25) is 14.4 Å². The quantitative estimate of drug-likeness (QED) is 0.564. The highest BCUT2D eigenvalue weighted by atomic mass is 35.5. The van der Waals surface area contributed by atoms with Crippen molar-refractivity contribution in [2.75, 3.05) is 18.4 Å². The van der Waals surface area contributed by atoms with E-state index in [1.54, 1.807) is 0 Å². The summed E-state index contributed by atoms with van der Waals surface area (Å²) in [5.41, 5.74) is 0.207. The maximum absolute atomic E-state index is 12.9. The zero-order valence-electron chi connectivity index (χ0n) is 10.6. The van der Waals surface area contributed by atoms with E-state index in [2.05, 4.69) is 16.0 Å². The van der Waals surface area contributed by atoms with Crippen molar-refractivity contribution in [3.63, 3.8) is 0 Å². The van der Waals surface area contributed by atoms with Crippen molar-refractivity contribution in [3.8, 4) is 0 Å². The van der Waals surface area contributed by atoms with Crippen molar-refractivity contribution >= 4 is 35.0 Å². The second-order valence-corrected chi connectivity index (χ2v) is 4.23. The van der Waals surface area contributed by atoms with Crippen LogP contribution in [0.5, 0.6) is 0 Å². The summed E-state index contributed by atoms with van der Waals surface area (Å²) in [6, 6.07) is 3.55. The van der Waals surface area contributed by atoms with Crippen molar-refractivity contribution in [2.45, 2.75) is 6.92 Å². The number of carbonyl (C=O) groups excluding carboxylic acids is 3. The van der Waals surface area contributed by atoms with Crippen molar-refractivity contribution < 1.29 is 18.8 Å². The standard InChI is InChI=1S/C12H13ClFN3O3/c1-7(18)15-4-5-16-11(19)12(20)17-8-2-3-10(14)9(13)6-8/h2-3,6H,4-5H2,1H3,(H,15,18)(H,16,19)(H,17,20). The molecule has 0 heterocycles. The Labute approximate surface area is 119 Å². The van der Waals surface area contributed by atoms with Crippen LogP contribution in [0.15, 0.2) is 18.2 Å². The summed E-state index contributed by atoms with van der Waals surface area (Å²) in [5.74, 6) is -2.62. The Balaban J connectivity index is 2.43. The first-order chi connectivity index (χ1) is 9.40. The Morgan fingerprint density at radius 2 is 1.80 bits per heavy atom. The Hall–Kier alpha value is -2.15. The molecule has 3 N–H and O–H groups in total. The van der Waals surface area contributed by atoms with E-state index >= 15 is 0 Å². The molecule has 0 aliphatic rings. The average Bonchev–Trinajstić information content (AvgIpc) is 2.38. The molecular weight excluding hydrogens is 289 g/mol. The van der Waals surface area contributed by atoms with Crippen LogP contribution in [0, 0.1) is 5.82 Å². The molecule has 3 amide bonds. The second kappa shape index (κ2) is 7.44. The number of halogens is 2. The van der Waals surface area contributed by atoms with E-state index in [1.165, 1.54) is 19.1 Å². The smallest absolute Gasteiger partial charge is 0.313 e. The van der Waals surface area contributed by atoms with Gasteiger partial charge in [0.15, 0.2) is 0 Å². The number of hydrogen-bond donors (Lipinski definition) is 3. The van der Waals surface area contributed by atoms with Crippen LogP contribution < -0.4 is 16.0 Å². The zero-order valence-corrected chi connectivity index (χ0v) is 11.4. The van der Waals surface area contributed by atoms with Gasteiger partial charge in [-0.05, 0) is 18.2 Å². The predicted octanol–water partition coefficient (Wildman–Crippen LogP) is 0.670. The maximum atomic E-state index is 12.9. The van der Waals surface area contributed by atoms with Crippen molar-refractivity contribution in [3.05, 3.63) is 29.0 Å². The number of amides is 3. The second-order valence-electron chi connectivity index (χ2n) is 3.82. The van der Waals surface area contributed by atoms with Gasteiger partial charge in [-0.25, -0.2) is 4.39 Å². The van der Waals surface area contributed by atoms with Gasteiger partial charge in [-0.2, -0.15) is 0 Å². The molecule has 0 radical (unpaired) electrons. The molecular formula is C12H13ClFN3O3. The fraction of sp³-hybridized carbons (Fsp3) is 0.250. The van der Waals surface area contributed by atoms with Gasteiger partial charge in [-0.1, -0.05) is 11.6 Å². The first-order valence-corrected chi connectivity index (χ1v) is 6.06. The monoisotopic (exact) mass is 301 g/mol. The molecule has 0 bridgehead atoms. The third-order valence-corrected chi connectivity index (χ3v) is 2.46. The van der Waals surface area contributed by atoms with E-state index in [0.29, 0.717) is 0 Å². The fourth-order valence-electron chi connectivity index (χ4n) is 1.26. The molecule has 0 spiro atoms. The van der Waals surface area contributed by atoms with E-state index in [-0.39, 0.29) is 29.7 Å². The lowest BCUT2D eigenvalue weighted by Gasteiger charge is -2.07. The summed E-state index contributed by atoms with van der Waals surface area (Å²) in [5, 5.41) is 6.88. The van der Waals surface area contributed by atoms with Gasteiger partial charge in [0.25, 0.3) is 0 Å². The number of hydrogen-bond acceptors (Lipinski definition) is 3. The average molecular weight is 302 g/mol. The zero-order chi connectivity index (χ0) is 15.1. The van der Waals surface area contributed by atoms with E-state index < -0.39 is 17.6 Å². The Bertz CT molecular complexity index is 537. The molecule has 20 heavy (non-hydrogen) atoms. The molecule has 0 aliphatic carbocycles. The molecule has 6 nitrogen and oxygen atoms in total. The van der Waals surface area contributed by atoms with Crippen LogP contribution in [0.4, 0.5) is 10.1 Å². The molecule has 1 rings (SSSR count). The van der Waals surface area contributed by atoms with Crippen molar-refractivity contribution in [1.29, 1.82) is 0 Å². The molecule has 0 fully saturated rings.